The molecule has 122 valence electrons. The SMILES string of the molecule is CCC(=O)c1ccc(OCCN(C)C)cc1-c1ccc(Cl)cc1. The van der Waals surface area contributed by atoms with Crippen molar-refractivity contribution < 1.29 is 9.53 Å². The van der Waals surface area contributed by atoms with Gasteiger partial charge in [-0.2, -0.15) is 0 Å². The third-order valence-electron chi connectivity index (χ3n) is 3.58. The maximum atomic E-state index is 12.2. The summed E-state index contributed by atoms with van der Waals surface area (Å²) in [4.78, 5) is 14.3. The van der Waals surface area contributed by atoms with Gasteiger partial charge in [0.15, 0.2) is 5.78 Å². The van der Waals surface area contributed by atoms with Crippen LogP contribution < -0.4 is 4.74 Å². The van der Waals surface area contributed by atoms with Crippen LogP contribution in [0.25, 0.3) is 11.1 Å². The van der Waals surface area contributed by atoms with Gasteiger partial charge in [-0.25, -0.2) is 0 Å². The Bertz CT molecular complexity index is 666. The number of nitrogens with zero attached hydrogens (tertiary/aromatic N) is 1. The molecule has 0 heterocycles. The number of likely N-dealkylation sites (N-methyl/N-ethyl adjacent to an activating group) is 1. The van der Waals surface area contributed by atoms with Gasteiger partial charge in [-0.3, -0.25) is 4.79 Å². The monoisotopic (exact) mass is 331 g/mol. The summed E-state index contributed by atoms with van der Waals surface area (Å²) in [5, 5.41) is 0.676. The van der Waals surface area contributed by atoms with Crippen molar-refractivity contribution in [3.63, 3.8) is 0 Å². The average Bonchev–Trinajstić information content (AvgIpc) is 2.54. The Hall–Kier alpha value is -1.84. The van der Waals surface area contributed by atoms with E-state index in [0.717, 1.165) is 29.0 Å². The second-order valence-corrected chi connectivity index (χ2v) is 6.08. The van der Waals surface area contributed by atoms with Gasteiger partial charge in [0, 0.05) is 23.6 Å². The topological polar surface area (TPSA) is 29.5 Å². The Morgan fingerprint density at radius 2 is 1.83 bits per heavy atom. The first-order valence-corrected chi connectivity index (χ1v) is 8.09. The molecule has 3 nitrogen and oxygen atoms in total. The standard InChI is InChI=1S/C19H22ClNO2/c1-4-19(22)17-10-9-16(23-12-11-21(2)3)13-18(17)14-5-7-15(20)8-6-14/h5-10,13H,4,11-12H2,1-3H3. The summed E-state index contributed by atoms with van der Waals surface area (Å²) in [5.41, 5.74) is 2.56. The van der Waals surface area contributed by atoms with E-state index in [4.69, 9.17) is 16.3 Å². The average molecular weight is 332 g/mol. The molecule has 0 bridgehead atoms. The summed E-state index contributed by atoms with van der Waals surface area (Å²) < 4.78 is 5.79. The molecule has 0 saturated heterocycles. The Balaban J connectivity index is 2.34. The number of benzene rings is 2. The number of rotatable bonds is 7. The maximum absolute atomic E-state index is 12.2. The number of hydrogen-bond donors (Lipinski definition) is 0. The fourth-order valence-electron chi connectivity index (χ4n) is 2.26. The number of Topliss-reactive ketones (excluding diaryl/α,β-unsaturated/α-hetero) is 1. The van der Waals surface area contributed by atoms with Crippen LogP contribution in [-0.2, 0) is 0 Å². The van der Waals surface area contributed by atoms with Crippen molar-refractivity contribution >= 4 is 17.4 Å². The largest absolute Gasteiger partial charge is 0.492 e. The second kappa shape index (κ2) is 8.14. The summed E-state index contributed by atoms with van der Waals surface area (Å²) >= 11 is 5.96. The van der Waals surface area contributed by atoms with Crippen LogP contribution in [-0.4, -0.2) is 37.9 Å². The molecule has 2 rings (SSSR count). The molecule has 0 radical (unpaired) electrons. The Kier molecular flexibility index (Phi) is 6.20. The molecule has 0 saturated carbocycles. The highest BCUT2D eigenvalue weighted by Gasteiger charge is 2.13. The third kappa shape index (κ3) is 4.81. The summed E-state index contributed by atoms with van der Waals surface area (Å²) in [5.74, 6) is 0.888. The van der Waals surface area contributed by atoms with Gasteiger partial charge in [0.2, 0.25) is 0 Å². The first-order chi connectivity index (χ1) is 11.0. The highest BCUT2D eigenvalue weighted by atomic mass is 35.5. The van der Waals surface area contributed by atoms with Crippen molar-refractivity contribution in [1.82, 2.24) is 4.90 Å². The fourth-order valence-corrected chi connectivity index (χ4v) is 2.39. The van der Waals surface area contributed by atoms with E-state index in [1.807, 2.05) is 63.5 Å². The van der Waals surface area contributed by atoms with Gasteiger partial charge in [-0.05, 0) is 55.6 Å². The molecule has 0 fully saturated rings. The van der Waals surface area contributed by atoms with Crippen LogP contribution in [0.1, 0.15) is 23.7 Å². The summed E-state index contributed by atoms with van der Waals surface area (Å²) in [6.45, 7) is 3.31. The van der Waals surface area contributed by atoms with E-state index >= 15 is 0 Å². The summed E-state index contributed by atoms with van der Waals surface area (Å²) in [6.07, 6.45) is 0.474. The molecule has 0 spiro atoms. The lowest BCUT2D eigenvalue weighted by Gasteiger charge is -2.14. The molecule has 4 heteroatoms. The van der Waals surface area contributed by atoms with Gasteiger partial charge in [-0.1, -0.05) is 30.7 Å². The van der Waals surface area contributed by atoms with E-state index in [1.165, 1.54) is 0 Å². The molecule has 0 aliphatic heterocycles. The predicted molar refractivity (Wildman–Crippen MR) is 95.6 cm³/mol. The van der Waals surface area contributed by atoms with Crippen LogP contribution in [0, 0.1) is 0 Å². The lowest BCUT2D eigenvalue weighted by atomic mass is 9.96. The third-order valence-corrected chi connectivity index (χ3v) is 3.83. The van der Waals surface area contributed by atoms with Gasteiger partial charge in [0.25, 0.3) is 0 Å². The van der Waals surface area contributed by atoms with Crippen LogP contribution >= 0.6 is 11.6 Å². The minimum Gasteiger partial charge on any atom is -0.492 e. The second-order valence-electron chi connectivity index (χ2n) is 5.64. The molecule has 0 unspecified atom stereocenters. The van der Waals surface area contributed by atoms with Crippen LogP contribution in [0.4, 0.5) is 0 Å². The fraction of sp³-hybridized carbons (Fsp3) is 0.316. The van der Waals surface area contributed by atoms with Crippen molar-refractivity contribution in [2.75, 3.05) is 27.2 Å². The number of halogens is 1. The van der Waals surface area contributed by atoms with Crippen molar-refractivity contribution in [3.8, 4) is 16.9 Å². The van der Waals surface area contributed by atoms with E-state index in [9.17, 15) is 4.79 Å². The van der Waals surface area contributed by atoms with Gasteiger partial charge in [0.1, 0.15) is 12.4 Å². The summed E-state index contributed by atoms with van der Waals surface area (Å²) in [6, 6.07) is 13.1. The minimum absolute atomic E-state index is 0.120. The molecule has 0 N–H and O–H groups in total. The van der Waals surface area contributed by atoms with Crippen molar-refractivity contribution in [1.29, 1.82) is 0 Å². The zero-order valence-corrected chi connectivity index (χ0v) is 14.6. The highest BCUT2D eigenvalue weighted by molar-refractivity contribution is 6.30. The molecule has 0 atom stereocenters. The molecule has 0 amide bonds. The molecule has 0 aliphatic carbocycles. The van der Waals surface area contributed by atoms with Crippen LogP contribution in [0.3, 0.4) is 0 Å². The van der Waals surface area contributed by atoms with Crippen LogP contribution in [0.5, 0.6) is 5.75 Å². The zero-order chi connectivity index (χ0) is 16.8. The number of carbonyl (C=O) groups excluding carboxylic acids is 1. The Morgan fingerprint density at radius 3 is 2.43 bits per heavy atom. The van der Waals surface area contributed by atoms with Crippen molar-refractivity contribution in [2.24, 2.45) is 0 Å². The number of ether oxygens (including phenoxy) is 1. The van der Waals surface area contributed by atoms with E-state index in [1.54, 1.807) is 0 Å². The first kappa shape index (κ1) is 17.5. The van der Waals surface area contributed by atoms with Crippen LogP contribution in [0.2, 0.25) is 5.02 Å². The van der Waals surface area contributed by atoms with E-state index < -0.39 is 0 Å². The quantitative estimate of drug-likeness (QED) is 0.697. The first-order valence-electron chi connectivity index (χ1n) is 7.72. The maximum Gasteiger partial charge on any atom is 0.163 e. The molecule has 0 aliphatic rings. The predicted octanol–water partition coefficient (Wildman–Crippen LogP) is 4.54. The molecule has 0 aromatic heterocycles. The van der Waals surface area contributed by atoms with Gasteiger partial charge in [-0.15, -0.1) is 0 Å². The number of hydrogen-bond acceptors (Lipinski definition) is 3. The van der Waals surface area contributed by atoms with E-state index in [2.05, 4.69) is 4.90 Å². The normalized spacial score (nSPS) is 10.8. The molecular formula is C19H22ClNO2. The summed E-state index contributed by atoms with van der Waals surface area (Å²) in [7, 11) is 4.01. The van der Waals surface area contributed by atoms with Gasteiger partial charge >= 0.3 is 0 Å². The van der Waals surface area contributed by atoms with Gasteiger partial charge < -0.3 is 9.64 Å². The van der Waals surface area contributed by atoms with E-state index in [0.29, 0.717) is 18.1 Å². The number of ketones is 1. The smallest absolute Gasteiger partial charge is 0.163 e. The van der Waals surface area contributed by atoms with Crippen molar-refractivity contribution in [3.05, 3.63) is 53.1 Å². The highest BCUT2D eigenvalue weighted by Crippen LogP contribution is 2.30. The van der Waals surface area contributed by atoms with Gasteiger partial charge in [0.05, 0.1) is 0 Å². The number of carbonyl (C=O) groups is 1. The molecule has 23 heavy (non-hydrogen) atoms. The lowest BCUT2D eigenvalue weighted by molar-refractivity contribution is 0.0989. The van der Waals surface area contributed by atoms with Crippen LogP contribution in [0.15, 0.2) is 42.5 Å². The molecular weight excluding hydrogens is 310 g/mol. The van der Waals surface area contributed by atoms with Crippen molar-refractivity contribution in [2.45, 2.75) is 13.3 Å². The zero-order valence-electron chi connectivity index (χ0n) is 13.8. The Morgan fingerprint density at radius 1 is 1.13 bits per heavy atom. The molecule has 2 aromatic carbocycles. The molecule has 2 aromatic rings. The minimum atomic E-state index is 0.120. The van der Waals surface area contributed by atoms with E-state index in [-0.39, 0.29) is 5.78 Å². The lowest BCUT2D eigenvalue weighted by Crippen LogP contribution is -2.19. The Labute approximate surface area is 142 Å².